The molecular formula is C14H19BO5S. The van der Waals surface area contributed by atoms with Gasteiger partial charge in [-0.3, -0.25) is 0 Å². The van der Waals surface area contributed by atoms with Crippen molar-refractivity contribution in [1.29, 1.82) is 0 Å². The molecule has 0 spiro atoms. The molecule has 21 heavy (non-hydrogen) atoms. The molecule has 1 aromatic carbocycles. The molecule has 1 atom stereocenters. The van der Waals surface area contributed by atoms with Gasteiger partial charge in [0.2, 0.25) is 0 Å². The monoisotopic (exact) mass is 310 g/mol. The average molecular weight is 310 g/mol. The molecule has 0 aromatic heterocycles. The first-order valence-corrected chi connectivity index (χ1v) is 9.07. The minimum atomic E-state index is -3.51. The standard InChI is InChI=1S/C14H19BO5S/c1-14(21(2,17)18)12-8-7-11(9-13(12)15(16)20-14)19-10-5-3-4-6-10/h7-10,16H,3-6H2,1-2H3. The maximum atomic E-state index is 12.0. The van der Waals surface area contributed by atoms with Crippen LogP contribution in [-0.2, 0) is 19.4 Å². The average Bonchev–Trinajstić information content (AvgIpc) is 2.97. The highest BCUT2D eigenvalue weighted by molar-refractivity contribution is 7.91. The van der Waals surface area contributed by atoms with E-state index < -0.39 is 21.9 Å². The lowest BCUT2D eigenvalue weighted by Crippen LogP contribution is -2.33. The Morgan fingerprint density at radius 2 is 2.05 bits per heavy atom. The third kappa shape index (κ3) is 2.47. The minimum Gasteiger partial charge on any atom is -0.490 e. The Balaban J connectivity index is 1.94. The Morgan fingerprint density at radius 3 is 2.67 bits per heavy atom. The molecule has 7 heteroatoms. The smallest absolute Gasteiger partial charge is 0.490 e. The van der Waals surface area contributed by atoms with Gasteiger partial charge in [0, 0.05) is 6.26 Å². The van der Waals surface area contributed by atoms with Crippen LogP contribution in [0.2, 0.25) is 0 Å². The fourth-order valence-electron chi connectivity index (χ4n) is 3.06. The van der Waals surface area contributed by atoms with Crippen LogP contribution in [0, 0.1) is 0 Å². The van der Waals surface area contributed by atoms with Crippen LogP contribution in [0.1, 0.15) is 38.2 Å². The van der Waals surface area contributed by atoms with Crippen LogP contribution in [0.3, 0.4) is 0 Å². The van der Waals surface area contributed by atoms with Gasteiger partial charge in [-0.1, -0.05) is 6.07 Å². The fraction of sp³-hybridized carbons (Fsp3) is 0.571. The summed E-state index contributed by atoms with van der Waals surface area (Å²) in [5, 5.41) is 10.0. The number of sulfone groups is 1. The molecule has 1 heterocycles. The van der Waals surface area contributed by atoms with Gasteiger partial charge in [0.25, 0.3) is 0 Å². The van der Waals surface area contributed by atoms with Gasteiger partial charge in [-0.2, -0.15) is 0 Å². The molecule has 0 amide bonds. The summed E-state index contributed by atoms with van der Waals surface area (Å²) in [4.78, 5) is -1.51. The van der Waals surface area contributed by atoms with Gasteiger partial charge < -0.3 is 14.4 Å². The molecule has 5 nitrogen and oxygen atoms in total. The van der Waals surface area contributed by atoms with E-state index in [-0.39, 0.29) is 6.10 Å². The summed E-state index contributed by atoms with van der Waals surface area (Å²) in [7, 11) is -4.75. The number of hydrogen-bond donors (Lipinski definition) is 1. The lowest BCUT2D eigenvalue weighted by atomic mass is 9.79. The first kappa shape index (κ1) is 14.9. The van der Waals surface area contributed by atoms with Gasteiger partial charge in [0.15, 0.2) is 14.8 Å². The summed E-state index contributed by atoms with van der Waals surface area (Å²) in [6.07, 6.45) is 5.75. The van der Waals surface area contributed by atoms with E-state index in [0.717, 1.165) is 19.1 Å². The number of ether oxygens (including phenoxy) is 1. The molecule has 0 bridgehead atoms. The molecule has 1 aliphatic heterocycles. The van der Waals surface area contributed by atoms with Crippen LogP contribution in [0.5, 0.6) is 5.75 Å². The predicted molar refractivity (Wildman–Crippen MR) is 80.2 cm³/mol. The highest BCUT2D eigenvalue weighted by Crippen LogP contribution is 2.36. The van der Waals surface area contributed by atoms with Crippen molar-refractivity contribution in [3.63, 3.8) is 0 Å². The number of benzene rings is 1. The lowest BCUT2D eigenvalue weighted by molar-refractivity contribution is 0.162. The van der Waals surface area contributed by atoms with Gasteiger partial charge in [-0.25, -0.2) is 8.42 Å². The maximum absolute atomic E-state index is 12.0. The van der Waals surface area contributed by atoms with Crippen LogP contribution in [0.25, 0.3) is 0 Å². The first-order chi connectivity index (χ1) is 9.81. The van der Waals surface area contributed by atoms with Crippen LogP contribution in [0.15, 0.2) is 18.2 Å². The zero-order valence-electron chi connectivity index (χ0n) is 12.2. The normalized spacial score (nSPS) is 26.1. The van der Waals surface area contributed by atoms with E-state index in [2.05, 4.69) is 0 Å². The second kappa shape index (κ2) is 5.00. The third-order valence-electron chi connectivity index (χ3n) is 4.43. The minimum absolute atomic E-state index is 0.212. The molecule has 3 rings (SSSR count). The van der Waals surface area contributed by atoms with Crippen molar-refractivity contribution < 1.29 is 22.8 Å². The molecule has 1 unspecified atom stereocenters. The summed E-state index contributed by atoms with van der Waals surface area (Å²) in [6.45, 7) is 1.47. The summed E-state index contributed by atoms with van der Waals surface area (Å²) in [5.74, 6) is 0.654. The van der Waals surface area contributed by atoms with E-state index in [4.69, 9.17) is 9.39 Å². The highest BCUT2D eigenvalue weighted by Gasteiger charge is 2.50. The van der Waals surface area contributed by atoms with Gasteiger partial charge >= 0.3 is 7.12 Å². The number of fused-ring (bicyclic) bond motifs is 1. The van der Waals surface area contributed by atoms with Gasteiger partial charge in [-0.05, 0) is 55.8 Å². The van der Waals surface area contributed by atoms with E-state index in [9.17, 15) is 13.4 Å². The lowest BCUT2D eigenvalue weighted by Gasteiger charge is -2.23. The van der Waals surface area contributed by atoms with Crippen molar-refractivity contribution in [1.82, 2.24) is 0 Å². The number of hydrogen-bond acceptors (Lipinski definition) is 5. The van der Waals surface area contributed by atoms with E-state index in [1.165, 1.54) is 19.8 Å². The molecule has 114 valence electrons. The molecule has 2 aliphatic rings. The Bertz CT molecular complexity index is 653. The Hall–Kier alpha value is -1.05. The van der Waals surface area contributed by atoms with E-state index >= 15 is 0 Å². The molecule has 1 aromatic rings. The van der Waals surface area contributed by atoms with Crippen LogP contribution >= 0.6 is 0 Å². The van der Waals surface area contributed by atoms with Crippen molar-refractivity contribution in [2.45, 2.75) is 43.6 Å². The molecule has 1 saturated carbocycles. The molecule has 0 saturated heterocycles. The van der Waals surface area contributed by atoms with E-state index in [1.807, 2.05) is 0 Å². The Kier molecular flexibility index (Phi) is 3.54. The van der Waals surface area contributed by atoms with Crippen LogP contribution in [0.4, 0.5) is 0 Å². The summed E-state index contributed by atoms with van der Waals surface area (Å²) >= 11 is 0. The molecule has 0 radical (unpaired) electrons. The SMILES string of the molecule is CC1(S(C)(=O)=O)OB(O)c2cc(OC3CCCC3)ccc21. The maximum Gasteiger partial charge on any atom is 0.493 e. The largest absolute Gasteiger partial charge is 0.493 e. The predicted octanol–water partition coefficient (Wildman–Crippen LogP) is 0.943. The quantitative estimate of drug-likeness (QED) is 0.841. The Labute approximate surface area is 125 Å². The Morgan fingerprint density at radius 1 is 1.38 bits per heavy atom. The van der Waals surface area contributed by atoms with Crippen molar-refractivity contribution in [2.75, 3.05) is 6.26 Å². The van der Waals surface area contributed by atoms with Crippen molar-refractivity contribution in [3.05, 3.63) is 23.8 Å². The fourth-order valence-corrected chi connectivity index (χ4v) is 3.91. The molecule has 1 aliphatic carbocycles. The molecular weight excluding hydrogens is 291 g/mol. The summed E-state index contributed by atoms with van der Waals surface area (Å²) in [5.41, 5.74) is 0.953. The van der Waals surface area contributed by atoms with E-state index in [1.54, 1.807) is 18.2 Å². The van der Waals surface area contributed by atoms with Gasteiger partial charge in [0.05, 0.1) is 6.10 Å². The zero-order chi connectivity index (χ0) is 15.3. The summed E-state index contributed by atoms with van der Waals surface area (Å²) < 4.78 is 35.1. The van der Waals surface area contributed by atoms with Crippen LogP contribution < -0.4 is 10.2 Å². The highest BCUT2D eigenvalue weighted by atomic mass is 32.2. The zero-order valence-corrected chi connectivity index (χ0v) is 13.0. The second-order valence-electron chi connectivity index (χ2n) is 5.96. The molecule has 1 fully saturated rings. The van der Waals surface area contributed by atoms with Crippen molar-refractivity contribution in [3.8, 4) is 5.75 Å². The first-order valence-electron chi connectivity index (χ1n) is 7.18. The van der Waals surface area contributed by atoms with Gasteiger partial charge in [-0.15, -0.1) is 0 Å². The van der Waals surface area contributed by atoms with Crippen molar-refractivity contribution in [2.24, 2.45) is 0 Å². The molecule has 1 N–H and O–H groups in total. The van der Waals surface area contributed by atoms with Crippen LogP contribution in [-0.4, -0.2) is 32.9 Å². The topological polar surface area (TPSA) is 72.8 Å². The van der Waals surface area contributed by atoms with E-state index in [0.29, 0.717) is 16.8 Å². The third-order valence-corrected chi connectivity index (χ3v) is 6.16. The summed E-state index contributed by atoms with van der Waals surface area (Å²) in [6, 6.07) is 5.12. The number of rotatable bonds is 3. The van der Waals surface area contributed by atoms with Gasteiger partial charge in [0.1, 0.15) is 5.75 Å². The second-order valence-corrected chi connectivity index (χ2v) is 8.28. The van der Waals surface area contributed by atoms with Crippen molar-refractivity contribution >= 4 is 22.4 Å².